The van der Waals surface area contributed by atoms with Crippen molar-refractivity contribution in [3.63, 3.8) is 0 Å². The molecule has 0 bridgehead atoms. The second-order valence-electron chi connectivity index (χ2n) is 7.24. The molecule has 2 aromatic heterocycles. The molecule has 0 spiro atoms. The summed E-state index contributed by atoms with van der Waals surface area (Å²) in [5, 5.41) is 8.60. The zero-order chi connectivity index (χ0) is 19.2. The number of nitrogens with zero attached hydrogens (tertiary/aromatic N) is 6. The van der Waals surface area contributed by atoms with Gasteiger partial charge in [0.1, 0.15) is 5.69 Å². The van der Waals surface area contributed by atoms with Gasteiger partial charge in [-0.3, -0.25) is 4.79 Å². The van der Waals surface area contributed by atoms with E-state index in [4.69, 9.17) is 0 Å². The number of piperidine rings is 1. The Morgan fingerprint density at radius 2 is 2.00 bits per heavy atom. The average molecular weight is 392 g/mol. The highest BCUT2D eigenvalue weighted by Gasteiger charge is 2.36. The Balaban J connectivity index is 1.58. The summed E-state index contributed by atoms with van der Waals surface area (Å²) in [6.45, 7) is 2.02. The lowest BCUT2D eigenvalue weighted by Gasteiger charge is -2.34. The first-order valence-electron chi connectivity index (χ1n) is 9.15. The van der Waals surface area contributed by atoms with Gasteiger partial charge in [0.15, 0.2) is 11.6 Å². The van der Waals surface area contributed by atoms with Crippen molar-refractivity contribution < 1.29 is 13.2 Å². The monoisotopic (exact) mass is 392 g/mol. The Morgan fingerprint density at radius 3 is 2.70 bits per heavy atom. The van der Waals surface area contributed by atoms with E-state index in [0.717, 1.165) is 19.3 Å². The number of aromatic nitrogens is 4. The van der Waals surface area contributed by atoms with Crippen LogP contribution >= 0.6 is 0 Å². The molecule has 4 rings (SSSR count). The van der Waals surface area contributed by atoms with Gasteiger partial charge in [-0.15, -0.1) is 10.2 Å². The fourth-order valence-corrected chi connectivity index (χ4v) is 5.13. The number of fused-ring (bicyclic) bond motifs is 1. The highest BCUT2D eigenvalue weighted by atomic mass is 32.2. The number of carbonyl (C=O) groups is 1. The number of hydrogen-bond donors (Lipinski definition) is 0. The Kier molecular flexibility index (Phi) is 4.55. The van der Waals surface area contributed by atoms with E-state index in [1.54, 1.807) is 15.5 Å². The van der Waals surface area contributed by atoms with E-state index in [-0.39, 0.29) is 11.9 Å². The molecule has 2 aliphatic heterocycles. The van der Waals surface area contributed by atoms with Crippen molar-refractivity contribution in [2.45, 2.75) is 38.4 Å². The topological polar surface area (TPSA) is 93.3 Å². The lowest BCUT2D eigenvalue weighted by molar-refractivity contribution is 0.0695. The van der Waals surface area contributed by atoms with Gasteiger partial charge >= 0.3 is 0 Å². The van der Waals surface area contributed by atoms with Gasteiger partial charge in [0.05, 0.1) is 18.8 Å². The molecule has 10 heteroatoms. The molecule has 1 saturated heterocycles. The zero-order valence-corrected chi connectivity index (χ0v) is 16.4. The quantitative estimate of drug-likeness (QED) is 0.769. The van der Waals surface area contributed by atoms with Crippen LogP contribution in [0, 0.1) is 0 Å². The highest BCUT2D eigenvalue weighted by molar-refractivity contribution is 7.88. The van der Waals surface area contributed by atoms with Crippen molar-refractivity contribution in [3.8, 4) is 0 Å². The molecule has 2 aliphatic rings. The summed E-state index contributed by atoms with van der Waals surface area (Å²) in [5.74, 6) is 1.37. The van der Waals surface area contributed by atoms with Crippen LogP contribution in [0.25, 0.3) is 0 Å². The van der Waals surface area contributed by atoms with Gasteiger partial charge < -0.3 is 14.0 Å². The van der Waals surface area contributed by atoms with E-state index in [1.165, 1.54) is 10.6 Å². The van der Waals surface area contributed by atoms with E-state index in [2.05, 4.69) is 10.2 Å². The third kappa shape index (κ3) is 3.27. The number of aryl methyl sites for hydroxylation is 1. The van der Waals surface area contributed by atoms with Crippen molar-refractivity contribution >= 4 is 15.9 Å². The number of hydrogen-bond acceptors (Lipinski definition) is 5. The molecule has 0 radical (unpaired) electrons. The van der Waals surface area contributed by atoms with Crippen LogP contribution in [0.1, 0.15) is 47.4 Å². The summed E-state index contributed by atoms with van der Waals surface area (Å²) in [4.78, 5) is 14.5. The standard InChI is InChI=1S/C17H24N6O3S/c1-20-8-5-7-14(20)17(24)21-10-11-22-15(12-21)18-19-16(22)13-6-3-4-9-23(13)27(2,25)26/h5,7-8,13H,3-4,6,9-12H2,1-2H3/t13-/m0/s1. The number of carbonyl (C=O) groups excluding carboxylic acids is 1. The van der Waals surface area contributed by atoms with E-state index < -0.39 is 10.0 Å². The van der Waals surface area contributed by atoms with E-state index >= 15 is 0 Å². The molecular weight excluding hydrogens is 368 g/mol. The van der Waals surface area contributed by atoms with Crippen LogP contribution in [0.2, 0.25) is 0 Å². The molecule has 0 N–H and O–H groups in total. The predicted molar refractivity (Wildman–Crippen MR) is 98.3 cm³/mol. The van der Waals surface area contributed by atoms with Crippen molar-refractivity contribution in [2.24, 2.45) is 7.05 Å². The molecule has 1 fully saturated rings. The molecule has 4 heterocycles. The van der Waals surface area contributed by atoms with Crippen LogP contribution in [0.3, 0.4) is 0 Å². The first kappa shape index (κ1) is 18.2. The predicted octanol–water partition coefficient (Wildman–Crippen LogP) is 0.759. The largest absolute Gasteiger partial charge is 0.347 e. The van der Waals surface area contributed by atoms with Crippen LogP contribution in [0.5, 0.6) is 0 Å². The normalized spacial score (nSPS) is 21.3. The molecule has 0 saturated carbocycles. The Labute approximate surface area is 158 Å². The Hall–Kier alpha value is -2.20. The fraction of sp³-hybridized carbons (Fsp3) is 0.588. The van der Waals surface area contributed by atoms with Crippen LogP contribution < -0.4 is 0 Å². The van der Waals surface area contributed by atoms with Gasteiger partial charge in [0, 0.05) is 32.9 Å². The zero-order valence-electron chi connectivity index (χ0n) is 15.6. The summed E-state index contributed by atoms with van der Waals surface area (Å²) in [6.07, 6.45) is 5.68. The summed E-state index contributed by atoms with van der Waals surface area (Å²) in [7, 11) is -1.45. The first-order valence-corrected chi connectivity index (χ1v) is 11.0. The molecule has 9 nitrogen and oxygen atoms in total. The summed E-state index contributed by atoms with van der Waals surface area (Å²) < 4.78 is 29.7. The molecule has 1 atom stereocenters. The third-order valence-electron chi connectivity index (χ3n) is 5.41. The van der Waals surface area contributed by atoms with Gasteiger partial charge in [0.2, 0.25) is 10.0 Å². The maximum atomic E-state index is 12.7. The number of amides is 1. The van der Waals surface area contributed by atoms with Crippen LogP contribution in [-0.2, 0) is 30.2 Å². The molecule has 0 aromatic carbocycles. The van der Waals surface area contributed by atoms with Crippen molar-refractivity contribution in [2.75, 3.05) is 19.3 Å². The second kappa shape index (κ2) is 6.75. The molecule has 0 unspecified atom stereocenters. The van der Waals surface area contributed by atoms with Crippen LogP contribution in [0.4, 0.5) is 0 Å². The third-order valence-corrected chi connectivity index (χ3v) is 6.70. The average Bonchev–Trinajstić information content (AvgIpc) is 3.26. The SMILES string of the molecule is Cn1cccc1C(=O)N1CCn2c(nnc2[C@@H]2CCCCN2S(C)(=O)=O)C1. The van der Waals surface area contributed by atoms with Crippen molar-refractivity contribution in [1.29, 1.82) is 0 Å². The van der Waals surface area contributed by atoms with Gasteiger partial charge in [-0.05, 0) is 25.0 Å². The van der Waals surface area contributed by atoms with Crippen molar-refractivity contribution in [3.05, 3.63) is 35.7 Å². The lowest BCUT2D eigenvalue weighted by Crippen LogP contribution is -2.42. The molecular formula is C17H24N6O3S. The molecule has 27 heavy (non-hydrogen) atoms. The number of sulfonamides is 1. The van der Waals surface area contributed by atoms with Crippen molar-refractivity contribution in [1.82, 2.24) is 28.5 Å². The minimum Gasteiger partial charge on any atom is -0.347 e. The summed E-state index contributed by atoms with van der Waals surface area (Å²) in [5.41, 5.74) is 0.638. The summed E-state index contributed by atoms with van der Waals surface area (Å²) >= 11 is 0. The van der Waals surface area contributed by atoms with E-state index in [0.29, 0.717) is 43.5 Å². The van der Waals surface area contributed by atoms with E-state index in [1.807, 2.05) is 23.9 Å². The minimum atomic E-state index is -3.30. The molecule has 2 aromatic rings. The maximum Gasteiger partial charge on any atom is 0.270 e. The molecule has 1 amide bonds. The van der Waals surface area contributed by atoms with Gasteiger partial charge in [-0.2, -0.15) is 4.31 Å². The van der Waals surface area contributed by atoms with Crippen LogP contribution in [0.15, 0.2) is 18.3 Å². The van der Waals surface area contributed by atoms with Gasteiger partial charge in [-0.25, -0.2) is 8.42 Å². The van der Waals surface area contributed by atoms with Gasteiger partial charge in [-0.1, -0.05) is 6.42 Å². The van der Waals surface area contributed by atoms with Crippen LogP contribution in [-0.4, -0.2) is 62.2 Å². The Morgan fingerprint density at radius 1 is 1.19 bits per heavy atom. The summed E-state index contributed by atoms with van der Waals surface area (Å²) in [6, 6.07) is 3.38. The smallest absolute Gasteiger partial charge is 0.270 e. The second-order valence-corrected chi connectivity index (χ2v) is 9.18. The molecule has 0 aliphatic carbocycles. The van der Waals surface area contributed by atoms with E-state index in [9.17, 15) is 13.2 Å². The lowest BCUT2D eigenvalue weighted by atomic mass is 10.0. The highest BCUT2D eigenvalue weighted by Crippen LogP contribution is 2.33. The fourth-order valence-electron chi connectivity index (χ4n) is 4.01. The maximum absolute atomic E-state index is 12.7. The van der Waals surface area contributed by atoms with Gasteiger partial charge in [0.25, 0.3) is 5.91 Å². The first-order chi connectivity index (χ1) is 12.9. The Bertz CT molecular complexity index is 963. The number of rotatable bonds is 3. The minimum absolute atomic E-state index is 0.0336. The molecule has 146 valence electrons.